The predicted molar refractivity (Wildman–Crippen MR) is 77.1 cm³/mol. The van der Waals surface area contributed by atoms with Gasteiger partial charge in [0.25, 0.3) is 5.91 Å². The van der Waals surface area contributed by atoms with Gasteiger partial charge in [0, 0.05) is 18.5 Å². The van der Waals surface area contributed by atoms with Gasteiger partial charge in [-0.25, -0.2) is 4.79 Å². The summed E-state index contributed by atoms with van der Waals surface area (Å²) >= 11 is 0. The lowest BCUT2D eigenvalue weighted by Crippen LogP contribution is -2.64. The minimum absolute atomic E-state index is 0.155. The molecule has 1 spiro atoms. The molecule has 1 aromatic rings. The van der Waals surface area contributed by atoms with Crippen LogP contribution in [0.15, 0.2) is 6.20 Å². The third kappa shape index (κ3) is 2.65. The Morgan fingerprint density at radius 1 is 1.36 bits per heavy atom. The van der Waals surface area contributed by atoms with Gasteiger partial charge in [0.2, 0.25) is 0 Å². The number of carbonyl (C=O) groups is 2. The Kier molecular flexibility index (Phi) is 3.15. The van der Waals surface area contributed by atoms with Crippen molar-refractivity contribution in [2.24, 2.45) is 11.1 Å². The van der Waals surface area contributed by atoms with Gasteiger partial charge in [-0.3, -0.25) is 4.79 Å². The van der Waals surface area contributed by atoms with Gasteiger partial charge in [-0.15, -0.1) is 5.10 Å². The number of ether oxygens (including phenoxy) is 1. The molecule has 2 fully saturated rings. The smallest absolute Gasteiger partial charge is 0.410 e. The Labute approximate surface area is 128 Å². The number of rotatable bonds is 2. The van der Waals surface area contributed by atoms with Gasteiger partial charge >= 0.3 is 6.09 Å². The molecule has 22 heavy (non-hydrogen) atoms. The van der Waals surface area contributed by atoms with Crippen molar-refractivity contribution in [3.8, 4) is 0 Å². The summed E-state index contributed by atoms with van der Waals surface area (Å²) in [5.41, 5.74) is 5.04. The Hall–Kier alpha value is -2.12. The standard InChI is InChI=1S/C14H21N5O3/c1-13(2,3)22-12(21)18-7-14(8-18)4-9(5-14)19-16-6-10(17-19)11(15)20/h6,9H,4-5,7-8H2,1-3H3,(H2,15,20). The van der Waals surface area contributed by atoms with E-state index in [1.807, 2.05) is 20.8 Å². The van der Waals surface area contributed by atoms with Crippen molar-refractivity contribution in [2.75, 3.05) is 13.1 Å². The maximum Gasteiger partial charge on any atom is 0.410 e. The van der Waals surface area contributed by atoms with Crippen LogP contribution in [0.25, 0.3) is 0 Å². The predicted octanol–water partition coefficient (Wildman–Crippen LogP) is 0.949. The SMILES string of the molecule is CC(C)(C)OC(=O)N1CC2(CC(n3ncc(C(N)=O)n3)C2)C1. The fourth-order valence-electron chi connectivity index (χ4n) is 3.15. The summed E-state index contributed by atoms with van der Waals surface area (Å²) in [5.74, 6) is -0.569. The second-order valence-electron chi connectivity index (χ2n) is 7.31. The van der Waals surface area contributed by atoms with Crippen LogP contribution in [0.2, 0.25) is 0 Å². The molecule has 2 N–H and O–H groups in total. The minimum Gasteiger partial charge on any atom is -0.444 e. The molecule has 2 amide bonds. The largest absolute Gasteiger partial charge is 0.444 e. The van der Waals surface area contributed by atoms with Crippen LogP contribution < -0.4 is 5.73 Å². The third-order valence-electron chi connectivity index (χ3n) is 4.13. The van der Waals surface area contributed by atoms with E-state index in [0.717, 1.165) is 12.8 Å². The number of nitrogens with zero attached hydrogens (tertiary/aromatic N) is 4. The Morgan fingerprint density at radius 2 is 2.00 bits per heavy atom. The van der Waals surface area contributed by atoms with E-state index >= 15 is 0 Å². The summed E-state index contributed by atoms with van der Waals surface area (Å²) < 4.78 is 5.35. The fourth-order valence-corrected chi connectivity index (χ4v) is 3.15. The highest BCUT2D eigenvalue weighted by Crippen LogP contribution is 2.53. The molecule has 0 atom stereocenters. The Morgan fingerprint density at radius 3 is 2.50 bits per heavy atom. The van der Waals surface area contributed by atoms with Crippen LogP contribution in [0.3, 0.4) is 0 Å². The molecule has 0 aromatic carbocycles. The van der Waals surface area contributed by atoms with Crippen molar-refractivity contribution in [2.45, 2.75) is 45.3 Å². The van der Waals surface area contributed by atoms with Crippen LogP contribution in [-0.4, -0.2) is 50.6 Å². The monoisotopic (exact) mass is 307 g/mol. The van der Waals surface area contributed by atoms with Crippen LogP contribution >= 0.6 is 0 Å². The average Bonchev–Trinajstić information content (AvgIpc) is 2.71. The summed E-state index contributed by atoms with van der Waals surface area (Å²) in [4.78, 5) is 26.2. The zero-order valence-electron chi connectivity index (χ0n) is 13.1. The molecule has 0 bridgehead atoms. The molecule has 8 nitrogen and oxygen atoms in total. The number of aromatic nitrogens is 3. The summed E-state index contributed by atoms with van der Waals surface area (Å²) in [6.45, 7) is 7.00. The highest BCUT2D eigenvalue weighted by atomic mass is 16.6. The molecule has 1 saturated heterocycles. The first-order valence-corrected chi connectivity index (χ1v) is 7.37. The topological polar surface area (TPSA) is 103 Å². The molecule has 1 aromatic heterocycles. The molecule has 3 rings (SSSR count). The normalized spacial score (nSPS) is 20.4. The number of nitrogens with two attached hydrogens (primary N) is 1. The molecule has 1 aliphatic carbocycles. The lowest BCUT2D eigenvalue weighted by atomic mass is 9.61. The van der Waals surface area contributed by atoms with E-state index in [0.29, 0.717) is 13.1 Å². The van der Waals surface area contributed by atoms with Crippen molar-refractivity contribution in [1.29, 1.82) is 0 Å². The molecular weight excluding hydrogens is 286 g/mol. The minimum atomic E-state index is -0.569. The van der Waals surface area contributed by atoms with E-state index in [-0.39, 0.29) is 23.2 Å². The van der Waals surface area contributed by atoms with E-state index < -0.39 is 11.5 Å². The van der Waals surface area contributed by atoms with Crippen LogP contribution in [0.4, 0.5) is 4.79 Å². The lowest BCUT2D eigenvalue weighted by molar-refractivity contribution is -0.0952. The van der Waals surface area contributed by atoms with Gasteiger partial charge < -0.3 is 15.4 Å². The first kappa shape index (κ1) is 14.8. The molecule has 1 saturated carbocycles. The highest BCUT2D eigenvalue weighted by molar-refractivity contribution is 5.90. The van der Waals surface area contributed by atoms with Gasteiger partial charge in [-0.1, -0.05) is 0 Å². The van der Waals surface area contributed by atoms with Gasteiger partial charge in [0.1, 0.15) is 5.60 Å². The van der Waals surface area contributed by atoms with Crippen LogP contribution in [-0.2, 0) is 4.74 Å². The molecule has 8 heteroatoms. The molecule has 1 aliphatic heterocycles. The summed E-state index contributed by atoms with van der Waals surface area (Å²) in [6.07, 6.45) is 2.94. The second kappa shape index (κ2) is 4.69. The molecule has 2 aliphatic rings. The quantitative estimate of drug-likeness (QED) is 0.876. The number of carbonyl (C=O) groups excluding carboxylic acids is 2. The van der Waals surface area contributed by atoms with E-state index in [1.54, 1.807) is 9.70 Å². The van der Waals surface area contributed by atoms with Crippen molar-refractivity contribution >= 4 is 12.0 Å². The summed E-state index contributed by atoms with van der Waals surface area (Å²) in [6, 6.07) is 0.175. The highest BCUT2D eigenvalue weighted by Gasteiger charge is 2.55. The number of primary amides is 1. The fraction of sp³-hybridized carbons (Fsp3) is 0.714. The molecular formula is C14H21N5O3. The van der Waals surface area contributed by atoms with Crippen LogP contribution in [0.5, 0.6) is 0 Å². The molecule has 2 heterocycles. The number of likely N-dealkylation sites (tertiary alicyclic amines) is 1. The van der Waals surface area contributed by atoms with E-state index in [1.165, 1.54) is 6.20 Å². The summed E-state index contributed by atoms with van der Waals surface area (Å²) in [7, 11) is 0. The Balaban J connectivity index is 1.50. The van der Waals surface area contributed by atoms with Crippen molar-refractivity contribution < 1.29 is 14.3 Å². The number of hydrogen-bond acceptors (Lipinski definition) is 5. The zero-order valence-corrected chi connectivity index (χ0v) is 13.1. The van der Waals surface area contributed by atoms with E-state index in [9.17, 15) is 9.59 Å². The van der Waals surface area contributed by atoms with Gasteiger partial charge in [0.05, 0.1) is 12.2 Å². The first-order chi connectivity index (χ1) is 10.2. The second-order valence-corrected chi connectivity index (χ2v) is 7.31. The van der Waals surface area contributed by atoms with Crippen LogP contribution in [0, 0.1) is 5.41 Å². The average molecular weight is 307 g/mol. The zero-order chi connectivity index (χ0) is 16.1. The third-order valence-corrected chi connectivity index (χ3v) is 4.13. The molecule has 0 unspecified atom stereocenters. The van der Waals surface area contributed by atoms with Crippen LogP contribution in [0.1, 0.15) is 50.1 Å². The van der Waals surface area contributed by atoms with E-state index in [4.69, 9.17) is 10.5 Å². The summed E-state index contributed by atoms with van der Waals surface area (Å²) in [5, 5.41) is 8.17. The molecule has 0 radical (unpaired) electrons. The van der Waals surface area contributed by atoms with Crippen molar-refractivity contribution in [3.63, 3.8) is 0 Å². The van der Waals surface area contributed by atoms with Crippen molar-refractivity contribution in [3.05, 3.63) is 11.9 Å². The van der Waals surface area contributed by atoms with Gasteiger partial charge in [-0.05, 0) is 33.6 Å². The molecule has 120 valence electrons. The van der Waals surface area contributed by atoms with E-state index in [2.05, 4.69) is 10.2 Å². The number of hydrogen-bond donors (Lipinski definition) is 1. The lowest BCUT2D eigenvalue weighted by Gasteiger charge is -2.58. The van der Waals surface area contributed by atoms with Crippen molar-refractivity contribution in [1.82, 2.24) is 19.9 Å². The number of amides is 2. The van der Waals surface area contributed by atoms with Gasteiger partial charge in [-0.2, -0.15) is 9.90 Å². The first-order valence-electron chi connectivity index (χ1n) is 7.37. The maximum atomic E-state index is 11.9. The van der Waals surface area contributed by atoms with Gasteiger partial charge in [0.15, 0.2) is 5.69 Å². The maximum absolute atomic E-state index is 11.9. The Bertz CT molecular complexity index is 604.